The molecule has 0 saturated carbocycles. The predicted octanol–water partition coefficient (Wildman–Crippen LogP) is -0.00252. The third-order valence-corrected chi connectivity index (χ3v) is 3.93. The van der Waals surface area contributed by atoms with Crippen LogP contribution in [0.3, 0.4) is 0 Å². The summed E-state index contributed by atoms with van der Waals surface area (Å²) in [6.07, 6.45) is 1.59. The molecule has 6 heteroatoms. The van der Waals surface area contributed by atoms with Gasteiger partial charge >= 0.3 is 0 Å². The zero-order chi connectivity index (χ0) is 13.9. The molecule has 2 heterocycles. The fraction of sp³-hybridized carbons (Fsp3) is 0.769. The Hall–Kier alpha value is -1.61. The van der Waals surface area contributed by atoms with E-state index < -0.39 is 5.41 Å². The van der Waals surface area contributed by atoms with Crippen molar-refractivity contribution in [2.75, 3.05) is 39.9 Å². The third-order valence-electron chi connectivity index (χ3n) is 3.93. The minimum absolute atomic E-state index is 0.0639. The van der Waals surface area contributed by atoms with Crippen molar-refractivity contribution in [2.45, 2.75) is 19.3 Å². The SMILES string of the molecule is CN1CCCN(C(=O)C2(C#N)CCOCC2)CC1=O. The van der Waals surface area contributed by atoms with Gasteiger partial charge < -0.3 is 14.5 Å². The summed E-state index contributed by atoms with van der Waals surface area (Å²) in [5, 5.41) is 9.38. The van der Waals surface area contributed by atoms with Gasteiger partial charge in [-0.15, -0.1) is 0 Å². The third kappa shape index (κ3) is 2.71. The molecule has 2 saturated heterocycles. The van der Waals surface area contributed by atoms with E-state index in [1.807, 2.05) is 0 Å². The lowest BCUT2D eigenvalue weighted by atomic mass is 9.80. The van der Waals surface area contributed by atoms with Crippen LogP contribution in [-0.4, -0.2) is 61.5 Å². The maximum atomic E-state index is 12.6. The van der Waals surface area contributed by atoms with Crippen LogP contribution in [0.4, 0.5) is 0 Å². The molecule has 0 bridgehead atoms. The van der Waals surface area contributed by atoms with Crippen molar-refractivity contribution >= 4 is 11.8 Å². The van der Waals surface area contributed by atoms with E-state index in [9.17, 15) is 14.9 Å². The van der Waals surface area contributed by atoms with E-state index in [4.69, 9.17) is 4.74 Å². The quantitative estimate of drug-likeness (QED) is 0.669. The first kappa shape index (κ1) is 13.8. The number of carbonyl (C=O) groups is 2. The Bertz CT molecular complexity index is 410. The Balaban J connectivity index is 2.13. The molecule has 0 aromatic carbocycles. The van der Waals surface area contributed by atoms with E-state index in [0.717, 1.165) is 6.42 Å². The molecule has 2 amide bonds. The number of ether oxygens (including phenoxy) is 1. The van der Waals surface area contributed by atoms with Gasteiger partial charge in [-0.05, 0) is 19.3 Å². The molecule has 2 fully saturated rings. The van der Waals surface area contributed by atoms with Crippen molar-refractivity contribution in [3.05, 3.63) is 0 Å². The minimum Gasteiger partial charge on any atom is -0.381 e. The summed E-state index contributed by atoms with van der Waals surface area (Å²) in [7, 11) is 1.74. The van der Waals surface area contributed by atoms with Crippen LogP contribution in [0.25, 0.3) is 0 Å². The van der Waals surface area contributed by atoms with Gasteiger partial charge in [-0.25, -0.2) is 0 Å². The van der Waals surface area contributed by atoms with Crippen LogP contribution in [0, 0.1) is 16.7 Å². The molecule has 0 aromatic rings. The van der Waals surface area contributed by atoms with Crippen molar-refractivity contribution in [3.8, 4) is 6.07 Å². The van der Waals surface area contributed by atoms with Gasteiger partial charge in [-0.3, -0.25) is 9.59 Å². The van der Waals surface area contributed by atoms with Crippen molar-refractivity contribution in [1.29, 1.82) is 5.26 Å². The highest BCUT2D eigenvalue weighted by Crippen LogP contribution is 2.32. The van der Waals surface area contributed by atoms with E-state index in [1.165, 1.54) is 0 Å². The summed E-state index contributed by atoms with van der Waals surface area (Å²) in [6.45, 7) is 2.14. The normalized spacial score (nSPS) is 23.7. The van der Waals surface area contributed by atoms with E-state index in [2.05, 4.69) is 6.07 Å². The number of rotatable bonds is 1. The van der Waals surface area contributed by atoms with Crippen LogP contribution in [0.5, 0.6) is 0 Å². The van der Waals surface area contributed by atoms with Gasteiger partial charge in [0.1, 0.15) is 5.41 Å². The molecule has 104 valence electrons. The molecule has 0 aliphatic carbocycles. The van der Waals surface area contributed by atoms with Gasteiger partial charge in [0.2, 0.25) is 11.8 Å². The van der Waals surface area contributed by atoms with Gasteiger partial charge in [-0.2, -0.15) is 5.26 Å². The summed E-state index contributed by atoms with van der Waals surface area (Å²) in [4.78, 5) is 27.6. The topological polar surface area (TPSA) is 73.6 Å². The van der Waals surface area contributed by atoms with E-state index in [0.29, 0.717) is 39.1 Å². The summed E-state index contributed by atoms with van der Waals surface area (Å²) < 4.78 is 5.23. The van der Waals surface area contributed by atoms with Crippen LogP contribution in [0.2, 0.25) is 0 Å². The Morgan fingerprint density at radius 3 is 2.68 bits per heavy atom. The second-order valence-electron chi connectivity index (χ2n) is 5.20. The van der Waals surface area contributed by atoms with Crippen molar-refractivity contribution in [2.24, 2.45) is 5.41 Å². The Morgan fingerprint density at radius 2 is 2.05 bits per heavy atom. The number of nitrogens with zero attached hydrogens (tertiary/aromatic N) is 3. The zero-order valence-electron chi connectivity index (χ0n) is 11.2. The molecule has 0 radical (unpaired) electrons. The molecule has 0 N–H and O–H groups in total. The minimum atomic E-state index is -0.999. The molecule has 0 atom stereocenters. The Kier molecular flexibility index (Phi) is 4.05. The monoisotopic (exact) mass is 265 g/mol. The first-order valence-electron chi connectivity index (χ1n) is 6.61. The lowest BCUT2D eigenvalue weighted by Gasteiger charge is -2.33. The second-order valence-corrected chi connectivity index (χ2v) is 5.20. The fourth-order valence-electron chi connectivity index (χ4n) is 2.56. The predicted molar refractivity (Wildman–Crippen MR) is 66.9 cm³/mol. The van der Waals surface area contributed by atoms with Gasteiger partial charge in [0.15, 0.2) is 0 Å². The summed E-state index contributed by atoms with van der Waals surface area (Å²) in [5.41, 5.74) is -0.999. The van der Waals surface area contributed by atoms with Crippen LogP contribution < -0.4 is 0 Å². The lowest BCUT2D eigenvalue weighted by Crippen LogP contribution is -2.48. The number of nitriles is 1. The van der Waals surface area contributed by atoms with Gasteiger partial charge in [0.25, 0.3) is 0 Å². The first-order valence-corrected chi connectivity index (χ1v) is 6.61. The maximum absolute atomic E-state index is 12.6. The highest BCUT2D eigenvalue weighted by molar-refractivity contribution is 5.90. The van der Waals surface area contributed by atoms with Gasteiger partial charge in [0, 0.05) is 33.4 Å². The van der Waals surface area contributed by atoms with E-state index in [-0.39, 0.29) is 18.4 Å². The average molecular weight is 265 g/mol. The molecule has 0 unspecified atom stereocenters. The van der Waals surface area contributed by atoms with Crippen molar-refractivity contribution < 1.29 is 14.3 Å². The molecule has 0 spiro atoms. The molecule has 2 aliphatic heterocycles. The molecule has 19 heavy (non-hydrogen) atoms. The highest BCUT2D eigenvalue weighted by Gasteiger charge is 2.43. The zero-order valence-corrected chi connectivity index (χ0v) is 11.2. The van der Waals surface area contributed by atoms with Gasteiger partial charge in [0.05, 0.1) is 12.6 Å². The van der Waals surface area contributed by atoms with Crippen LogP contribution >= 0.6 is 0 Å². The summed E-state index contributed by atoms with van der Waals surface area (Å²) in [6, 6.07) is 2.16. The largest absolute Gasteiger partial charge is 0.381 e. The Morgan fingerprint density at radius 1 is 1.37 bits per heavy atom. The summed E-state index contributed by atoms with van der Waals surface area (Å²) >= 11 is 0. The Labute approximate surface area is 112 Å². The fourth-order valence-corrected chi connectivity index (χ4v) is 2.56. The number of amides is 2. The van der Waals surface area contributed by atoms with Crippen LogP contribution in [0.1, 0.15) is 19.3 Å². The van der Waals surface area contributed by atoms with E-state index >= 15 is 0 Å². The van der Waals surface area contributed by atoms with Crippen molar-refractivity contribution in [3.63, 3.8) is 0 Å². The van der Waals surface area contributed by atoms with Crippen molar-refractivity contribution in [1.82, 2.24) is 9.80 Å². The smallest absolute Gasteiger partial charge is 0.243 e. The van der Waals surface area contributed by atoms with Crippen LogP contribution in [-0.2, 0) is 14.3 Å². The maximum Gasteiger partial charge on any atom is 0.243 e. The molecule has 2 rings (SSSR count). The highest BCUT2D eigenvalue weighted by atomic mass is 16.5. The number of hydrogen-bond donors (Lipinski definition) is 0. The second kappa shape index (κ2) is 5.57. The van der Waals surface area contributed by atoms with Gasteiger partial charge in [-0.1, -0.05) is 0 Å². The number of hydrogen-bond acceptors (Lipinski definition) is 4. The first-order chi connectivity index (χ1) is 9.09. The summed E-state index contributed by atoms with van der Waals surface area (Å²) in [5.74, 6) is -0.270. The molecular formula is C13H19N3O3. The molecule has 6 nitrogen and oxygen atoms in total. The molecular weight excluding hydrogens is 246 g/mol. The standard InChI is InChI=1S/C13H19N3O3/c1-15-5-2-6-16(9-11(15)17)12(18)13(10-14)3-7-19-8-4-13/h2-9H2,1H3. The number of likely N-dealkylation sites (N-methyl/N-ethyl adjacent to an activating group) is 1. The molecule has 0 aromatic heterocycles. The lowest BCUT2D eigenvalue weighted by molar-refractivity contribution is -0.146. The van der Waals surface area contributed by atoms with Crippen LogP contribution in [0.15, 0.2) is 0 Å². The molecule has 2 aliphatic rings. The average Bonchev–Trinajstić information content (AvgIpc) is 2.61. The van der Waals surface area contributed by atoms with E-state index in [1.54, 1.807) is 16.8 Å². The number of carbonyl (C=O) groups excluding carboxylic acids is 2.